The van der Waals surface area contributed by atoms with E-state index in [1.807, 2.05) is 20.8 Å². The lowest BCUT2D eigenvalue weighted by molar-refractivity contribution is 0.222. The molecule has 0 fully saturated rings. The Morgan fingerprint density at radius 3 is 2.05 bits per heavy atom. The second kappa shape index (κ2) is 7.87. The fraction of sp³-hybridized carbons (Fsp3) is 0.786. The summed E-state index contributed by atoms with van der Waals surface area (Å²) >= 11 is 0. The quantitative estimate of drug-likeness (QED) is 0.763. The molecular formula is C14H27N5O. The van der Waals surface area contributed by atoms with Gasteiger partial charge in [0.2, 0.25) is 11.9 Å². The van der Waals surface area contributed by atoms with E-state index in [-0.39, 0.29) is 6.10 Å². The third kappa shape index (κ3) is 5.59. The smallest absolute Gasteiger partial charge is 0.323 e. The van der Waals surface area contributed by atoms with E-state index in [9.17, 15) is 0 Å². The van der Waals surface area contributed by atoms with E-state index < -0.39 is 0 Å². The second-order valence-corrected chi connectivity index (χ2v) is 5.56. The normalized spacial score (nSPS) is 12.6. The van der Waals surface area contributed by atoms with Crippen molar-refractivity contribution in [1.29, 1.82) is 0 Å². The lowest BCUT2D eigenvalue weighted by atomic mass is 9.98. The van der Waals surface area contributed by atoms with Crippen LogP contribution >= 0.6 is 0 Å². The number of hydrogen-bond acceptors (Lipinski definition) is 6. The molecule has 0 saturated heterocycles. The third-order valence-electron chi connectivity index (χ3n) is 3.01. The highest BCUT2D eigenvalue weighted by atomic mass is 16.5. The summed E-state index contributed by atoms with van der Waals surface area (Å²) < 4.78 is 5.55. The predicted octanol–water partition coefficient (Wildman–Crippen LogP) is 2.79. The van der Waals surface area contributed by atoms with Crippen LogP contribution in [-0.2, 0) is 0 Å². The van der Waals surface area contributed by atoms with Crippen LogP contribution < -0.4 is 15.4 Å². The number of ether oxygens (including phenoxy) is 1. The number of anilines is 2. The Labute approximate surface area is 121 Å². The Morgan fingerprint density at radius 1 is 0.950 bits per heavy atom. The van der Waals surface area contributed by atoms with Crippen molar-refractivity contribution >= 4 is 11.9 Å². The molecule has 0 radical (unpaired) electrons. The van der Waals surface area contributed by atoms with Crippen LogP contribution in [0.5, 0.6) is 6.01 Å². The Bertz CT molecular complexity index is 409. The average Bonchev–Trinajstić information content (AvgIpc) is 2.35. The van der Waals surface area contributed by atoms with Gasteiger partial charge in [-0.2, -0.15) is 15.0 Å². The summed E-state index contributed by atoms with van der Waals surface area (Å²) in [7, 11) is 0. The minimum Gasteiger partial charge on any atom is -0.461 e. The van der Waals surface area contributed by atoms with Crippen LogP contribution in [0.2, 0.25) is 0 Å². The van der Waals surface area contributed by atoms with Crippen molar-refractivity contribution in [2.45, 2.75) is 47.6 Å². The molecule has 0 aliphatic heterocycles. The Morgan fingerprint density at radius 2 is 1.55 bits per heavy atom. The van der Waals surface area contributed by atoms with E-state index in [4.69, 9.17) is 4.74 Å². The first-order chi connectivity index (χ1) is 9.42. The summed E-state index contributed by atoms with van der Waals surface area (Å²) in [6.45, 7) is 14.1. The molecule has 0 spiro atoms. The number of rotatable bonds is 8. The first-order valence-electron chi connectivity index (χ1n) is 7.32. The fourth-order valence-corrected chi connectivity index (χ4v) is 1.42. The van der Waals surface area contributed by atoms with Gasteiger partial charge >= 0.3 is 6.01 Å². The van der Waals surface area contributed by atoms with Crippen LogP contribution in [0.1, 0.15) is 41.5 Å². The molecule has 6 heteroatoms. The molecule has 1 atom stereocenters. The highest BCUT2D eigenvalue weighted by Gasteiger charge is 2.11. The number of hydrogen-bond donors (Lipinski definition) is 2. The largest absolute Gasteiger partial charge is 0.461 e. The van der Waals surface area contributed by atoms with Gasteiger partial charge in [-0.25, -0.2) is 0 Å². The van der Waals surface area contributed by atoms with Gasteiger partial charge in [-0.15, -0.1) is 0 Å². The Hall–Kier alpha value is -1.59. The van der Waals surface area contributed by atoms with Crippen molar-refractivity contribution in [3.8, 4) is 6.01 Å². The van der Waals surface area contributed by atoms with Gasteiger partial charge < -0.3 is 15.4 Å². The van der Waals surface area contributed by atoms with Crippen LogP contribution in [0.25, 0.3) is 0 Å². The molecule has 6 nitrogen and oxygen atoms in total. The van der Waals surface area contributed by atoms with Crippen LogP contribution in [0.3, 0.4) is 0 Å². The van der Waals surface area contributed by atoms with Gasteiger partial charge in [-0.3, -0.25) is 0 Å². The molecule has 0 aliphatic rings. The first kappa shape index (κ1) is 16.5. The summed E-state index contributed by atoms with van der Waals surface area (Å²) in [4.78, 5) is 12.9. The predicted molar refractivity (Wildman–Crippen MR) is 82.2 cm³/mol. The third-order valence-corrected chi connectivity index (χ3v) is 3.01. The van der Waals surface area contributed by atoms with Crippen molar-refractivity contribution in [3.63, 3.8) is 0 Å². The van der Waals surface area contributed by atoms with E-state index >= 15 is 0 Å². The van der Waals surface area contributed by atoms with Gasteiger partial charge in [0.1, 0.15) is 0 Å². The Balaban J connectivity index is 2.79. The van der Waals surface area contributed by atoms with Crippen molar-refractivity contribution in [2.75, 3.05) is 23.7 Å². The van der Waals surface area contributed by atoms with Crippen LogP contribution in [0.4, 0.5) is 11.9 Å². The van der Waals surface area contributed by atoms with E-state index in [1.54, 1.807) is 0 Å². The number of aromatic nitrogens is 3. The van der Waals surface area contributed by atoms with Crippen molar-refractivity contribution in [2.24, 2.45) is 11.8 Å². The molecule has 114 valence electrons. The van der Waals surface area contributed by atoms with Gasteiger partial charge in [-0.05, 0) is 32.6 Å². The van der Waals surface area contributed by atoms with Gasteiger partial charge in [0, 0.05) is 13.1 Å². The molecule has 0 bridgehead atoms. The summed E-state index contributed by atoms with van der Waals surface area (Å²) in [6.07, 6.45) is 0.0364. The van der Waals surface area contributed by atoms with Gasteiger partial charge in [0.25, 0.3) is 0 Å². The molecule has 20 heavy (non-hydrogen) atoms. The monoisotopic (exact) mass is 281 g/mol. The lowest BCUT2D eigenvalue weighted by Gasteiger charge is -2.17. The first-order valence-corrected chi connectivity index (χ1v) is 7.32. The molecule has 2 N–H and O–H groups in total. The van der Waals surface area contributed by atoms with Crippen LogP contribution in [0, 0.1) is 11.8 Å². The SMILES string of the molecule is CCNc1nc(NCC(C)C(C)C)nc(OC(C)C)n1. The molecule has 1 heterocycles. The maximum Gasteiger partial charge on any atom is 0.323 e. The zero-order valence-electron chi connectivity index (χ0n) is 13.4. The van der Waals surface area contributed by atoms with E-state index in [0.29, 0.717) is 29.7 Å². The molecule has 0 amide bonds. The minimum absolute atomic E-state index is 0.0364. The lowest BCUT2D eigenvalue weighted by Crippen LogP contribution is -2.19. The zero-order valence-corrected chi connectivity index (χ0v) is 13.4. The minimum atomic E-state index is 0.0364. The fourth-order valence-electron chi connectivity index (χ4n) is 1.42. The summed E-state index contributed by atoms with van der Waals surface area (Å²) in [5, 5.41) is 6.35. The average molecular weight is 281 g/mol. The molecule has 1 unspecified atom stereocenters. The molecule has 1 aromatic rings. The summed E-state index contributed by atoms with van der Waals surface area (Å²) in [6, 6.07) is 0.352. The molecule has 1 rings (SSSR count). The highest BCUT2D eigenvalue weighted by molar-refractivity contribution is 5.35. The molecule has 0 aromatic carbocycles. The highest BCUT2D eigenvalue weighted by Crippen LogP contribution is 2.14. The van der Waals surface area contributed by atoms with Gasteiger partial charge in [0.05, 0.1) is 6.10 Å². The van der Waals surface area contributed by atoms with Crippen molar-refractivity contribution in [1.82, 2.24) is 15.0 Å². The van der Waals surface area contributed by atoms with Gasteiger partial charge in [0.15, 0.2) is 0 Å². The number of nitrogens with one attached hydrogen (secondary N) is 2. The maximum atomic E-state index is 5.55. The van der Waals surface area contributed by atoms with E-state index in [1.165, 1.54) is 0 Å². The standard InChI is InChI=1S/C14H27N5O/c1-7-15-12-17-13(16-8-11(6)9(2)3)19-14(18-12)20-10(4)5/h9-11H,7-8H2,1-6H3,(H2,15,16,17,18,19). The Kier molecular flexibility index (Phi) is 6.48. The topological polar surface area (TPSA) is 72.0 Å². The van der Waals surface area contributed by atoms with E-state index in [2.05, 4.69) is 46.4 Å². The van der Waals surface area contributed by atoms with Gasteiger partial charge in [-0.1, -0.05) is 20.8 Å². The van der Waals surface area contributed by atoms with E-state index in [0.717, 1.165) is 13.1 Å². The molecular weight excluding hydrogens is 254 g/mol. The van der Waals surface area contributed by atoms with Crippen molar-refractivity contribution in [3.05, 3.63) is 0 Å². The van der Waals surface area contributed by atoms with Crippen LogP contribution in [0.15, 0.2) is 0 Å². The summed E-state index contributed by atoms with van der Waals surface area (Å²) in [5.74, 6) is 2.25. The maximum absolute atomic E-state index is 5.55. The molecule has 0 saturated carbocycles. The second-order valence-electron chi connectivity index (χ2n) is 5.56. The van der Waals surface area contributed by atoms with Crippen LogP contribution in [-0.4, -0.2) is 34.1 Å². The molecule has 1 aromatic heterocycles. The zero-order chi connectivity index (χ0) is 15.1. The number of nitrogens with zero attached hydrogens (tertiary/aromatic N) is 3. The summed E-state index contributed by atoms with van der Waals surface area (Å²) in [5.41, 5.74) is 0. The van der Waals surface area contributed by atoms with Crippen molar-refractivity contribution < 1.29 is 4.74 Å². The molecule has 0 aliphatic carbocycles.